The Hall–Kier alpha value is -2.43. The molecule has 0 unspecified atom stereocenters. The number of fused-ring (bicyclic) bond motifs is 1. The van der Waals surface area contributed by atoms with Crippen LogP contribution in [0.3, 0.4) is 0 Å². The van der Waals surface area contributed by atoms with Crippen LogP contribution in [0.25, 0.3) is 0 Å². The molecule has 0 aromatic rings. The summed E-state index contributed by atoms with van der Waals surface area (Å²) in [6, 6.07) is 0. The van der Waals surface area contributed by atoms with Crippen molar-refractivity contribution < 1.29 is 19.7 Å². The van der Waals surface area contributed by atoms with Gasteiger partial charge in [-0.2, -0.15) is 0 Å². The Morgan fingerprint density at radius 3 is 2.35 bits per heavy atom. The van der Waals surface area contributed by atoms with Crippen LogP contribution in [-0.2, 0) is 9.53 Å². The minimum absolute atomic E-state index is 0.194. The summed E-state index contributed by atoms with van der Waals surface area (Å²) in [5.41, 5.74) is 3.65. The number of carbonyl (C=O) groups excluding carboxylic acids is 1. The van der Waals surface area contributed by atoms with Crippen molar-refractivity contribution in [3.05, 3.63) is 84.1 Å². The number of esters is 1. The molecule has 4 fully saturated rings. The van der Waals surface area contributed by atoms with Gasteiger partial charge in [-0.15, -0.1) is 0 Å². The van der Waals surface area contributed by atoms with Crippen molar-refractivity contribution in [1.29, 1.82) is 0 Å². The van der Waals surface area contributed by atoms with Crippen molar-refractivity contribution in [3.8, 4) is 0 Å². The number of allylic oxidation sites excluding steroid dienone is 10. The molecule has 4 aliphatic carbocycles. The Morgan fingerprint density at radius 2 is 1.65 bits per heavy atom. The van der Waals surface area contributed by atoms with E-state index in [0.29, 0.717) is 42.9 Å². The molecule has 4 saturated carbocycles. The monoisotopic (exact) mass is 673 g/mol. The van der Waals surface area contributed by atoms with Gasteiger partial charge in [0.05, 0.1) is 12.2 Å². The normalized spacial score (nSPS) is 30.8. The second-order valence-corrected chi connectivity index (χ2v) is 15.8. The summed E-state index contributed by atoms with van der Waals surface area (Å²) >= 11 is 0. The SMILES string of the molecule is C=C1/C(=C/C=C2\CCC[C@]3(C)[C@@H]([C@H](C)/C=C/[C@@H](O)C4CC4)CC[C@@H]23)C[C@@H](O)C[C@@H]1OC(=O)CCCC/C=C\C/C=C\C/C=C\CCCCC. The average Bonchev–Trinajstić information content (AvgIpc) is 3.87. The maximum atomic E-state index is 12.7. The molecule has 7 atom stereocenters. The van der Waals surface area contributed by atoms with Gasteiger partial charge in [-0.05, 0) is 137 Å². The van der Waals surface area contributed by atoms with E-state index in [1.165, 1.54) is 56.9 Å². The topological polar surface area (TPSA) is 66.8 Å². The van der Waals surface area contributed by atoms with Gasteiger partial charge in [0.1, 0.15) is 6.10 Å². The van der Waals surface area contributed by atoms with E-state index in [0.717, 1.165) is 62.5 Å². The van der Waals surface area contributed by atoms with Crippen LogP contribution in [0.4, 0.5) is 0 Å². The number of hydrogen-bond donors (Lipinski definition) is 2. The number of rotatable bonds is 19. The molecule has 0 bridgehead atoms. The molecule has 0 heterocycles. The first-order valence-corrected chi connectivity index (χ1v) is 20.0. The number of aliphatic hydroxyl groups excluding tert-OH is 2. The highest BCUT2D eigenvalue weighted by Crippen LogP contribution is 2.59. The number of hydrogen-bond acceptors (Lipinski definition) is 4. The molecular formula is C45H68O4. The van der Waals surface area contributed by atoms with Gasteiger partial charge in [-0.1, -0.05) is 107 Å². The van der Waals surface area contributed by atoms with Gasteiger partial charge in [-0.25, -0.2) is 0 Å². The van der Waals surface area contributed by atoms with Gasteiger partial charge >= 0.3 is 5.97 Å². The number of aliphatic hydroxyl groups is 2. The van der Waals surface area contributed by atoms with Crippen molar-refractivity contribution >= 4 is 5.97 Å². The number of carbonyl (C=O) groups is 1. The summed E-state index contributed by atoms with van der Waals surface area (Å²) in [4.78, 5) is 12.7. The van der Waals surface area contributed by atoms with Crippen LogP contribution in [-0.4, -0.2) is 34.5 Å². The van der Waals surface area contributed by atoms with Gasteiger partial charge in [0.25, 0.3) is 0 Å². The molecule has 4 nitrogen and oxygen atoms in total. The molecule has 0 spiro atoms. The predicted octanol–water partition coefficient (Wildman–Crippen LogP) is 11.2. The lowest BCUT2D eigenvalue weighted by Crippen LogP contribution is -2.35. The zero-order chi connectivity index (χ0) is 35.1. The van der Waals surface area contributed by atoms with Gasteiger partial charge in [-0.3, -0.25) is 4.79 Å². The third-order valence-corrected chi connectivity index (χ3v) is 11.9. The quantitative estimate of drug-likeness (QED) is 0.0814. The molecule has 0 aromatic carbocycles. The average molecular weight is 673 g/mol. The molecule has 0 aromatic heterocycles. The summed E-state index contributed by atoms with van der Waals surface area (Å²) in [6.07, 6.45) is 40.5. The van der Waals surface area contributed by atoms with Crippen molar-refractivity contribution in [1.82, 2.24) is 0 Å². The van der Waals surface area contributed by atoms with Gasteiger partial charge in [0.2, 0.25) is 0 Å². The molecule has 4 rings (SSSR count). The van der Waals surface area contributed by atoms with Crippen molar-refractivity contribution in [2.45, 2.75) is 161 Å². The molecule has 0 radical (unpaired) electrons. The molecular weight excluding hydrogens is 604 g/mol. The number of unbranched alkanes of at least 4 members (excludes halogenated alkanes) is 5. The lowest BCUT2D eigenvalue weighted by atomic mass is 9.61. The number of ether oxygens (including phenoxy) is 1. The van der Waals surface area contributed by atoms with Crippen molar-refractivity contribution in [2.75, 3.05) is 0 Å². The lowest BCUT2D eigenvalue weighted by molar-refractivity contribution is -0.148. The van der Waals surface area contributed by atoms with Gasteiger partial charge in [0, 0.05) is 12.8 Å². The zero-order valence-corrected chi connectivity index (χ0v) is 31.2. The van der Waals surface area contributed by atoms with E-state index in [4.69, 9.17) is 4.74 Å². The van der Waals surface area contributed by atoms with Crippen LogP contribution in [0.15, 0.2) is 84.1 Å². The van der Waals surface area contributed by atoms with Crippen LogP contribution in [0.1, 0.15) is 143 Å². The van der Waals surface area contributed by atoms with Crippen LogP contribution in [0.5, 0.6) is 0 Å². The van der Waals surface area contributed by atoms with E-state index in [2.05, 4.69) is 88.1 Å². The van der Waals surface area contributed by atoms with Gasteiger partial charge < -0.3 is 14.9 Å². The highest BCUT2D eigenvalue weighted by atomic mass is 16.5. The maximum Gasteiger partial charge on any atom is 0.306 e. The fourth-order valence-electron chi connectivity index (χ4n) is 8.77. The summed E-state index contributed by atoms with van der Waals surface area (Å²) in [6.45, 7) is 11.4. The Morgan fingerprint density at radius 1 is 0.959 bits per heavy atom. The Kier molecular flexibility index (Phi) is 16.4. The minimum atomic E-state index is -0.528. The first kappa shape index (κ1) is 39.4. The van der Waals surface area contributed by atoms with E-state index in [1.54, 1.807) is 0 Å². The molecule has 49 heavy (non-hydrogen) atoms. The smallest absolute Gasteiger partial charge is 0.306 e. The molecule has 0 saturated heterocycles. The van der Waals surface area contributed by atoms with Crippen LogP contribution >= 0.6 is 0 Å². The molecule has 4 aliphatic rings. The Bertz CT molecular complexity index is 1230. The maximum absolute atomic E-state index is 12.7. The van der Waals surface area contributed by atoms with E-state index in [9.17, 15) is 15.0 Å². The van der Waals surface area contributed by atoms with Crippen LogP contribution < -0.4 is 0 Å². The van der Waals surface area contributed by atoms with Crippen molar-refractivity contribution in [3.63, 3.8) is 0 Å². The first-order valence-electron chi connectivity index (χ1n) is 20.0. The fraction of sp³-hybridized carbons (Fsp3) is 0.667. The zero-order valence-electron chi connectivity index (χ0n) is 31.2. The molecule has 2 N–H and O–H groups in total. The highest BCUT2D eigenvalue weighted by Gasteiger charge is 2.50. The van der Waals surface area contributed by atoms with Crippen LogP contribution in [0, 0.1) is 29.1 Å². The largest absolute Gasteiger partial charge is 0.457 e. The molecule has 4 heteroatoms. The molecule has 0 aliphatic heterocycles. The predicted molar refractivity (Wildman–Crippen MR) is 205 cm³/mol. The second-order valence-electron chi connectivity index (χ2n) is 15.8. The highest BCUT2D eigenvalue weighted by molar-refractivity contribution is 5.70. The fourth-order valence-corrected chi connectivity index (χ4v) is 8.77. The van der Waals surface area contributed by atoms with Crippen LogP contribution in [0.2, 0.25) is 0 Å². The van der Waals surface area contributed by atoms with E-state index in [-0.39, 0.29) is 17.5 Å². The summed E-state index contributed by atoms with van der Waals surface area (Å²) in [5.74, 6) is 1.95. The lowest BCUT2D eigenvalue weighted by Gasteiger charge is -2.44. The summed E-state index contributed by atoms with van der Waals surface area (Å²) in [5, 5.41) is 21.1. The first-order chi connectivity index (χ1) is 23.7. The van der Waals surface area contributed by atoms with Gasteiger partial charge in [0.15, 0.2) is 0 Å². The molecule has 0 amide bonds. The molecule has 272 valence electrons. The summed E-state index contributed by atoms with van der Waals surface area (Å²) < 4.78 is 5.88. The summed E-state index contributed by atoms with van der Waals surface area (Å²) in [7, 11) is 0. The van der Waals surface area contributed by atoms with E-state index in [1.807, 2.05) is 0 Å². The Balaban J connectivity index is 1.19. The second kappa shape index (κ2) is 20.4. The van der Waals surface area contributed by atoms with Crippen molar-refractivity contribution in [2.24, 2.45) is 29.1 Å². The minimum Gasteiger partial charge on any atom is -0.457 e. The van der Waals surface area contributed by atoms with E-state index >= 15 is 0 Å². The Labute approximate surface area is 299 Å². The standard InChI is InChI=1S/C45H68O4/c1-5-6-7-8-9-10-11-12-13-14-15-16-17-18-19-22-44(48)49-43-33-39(46)32-38(35(43)3)27-24-36-21-20-31-45(4)40(28-29-41(36)45)34(2)23-30-42(47)37-25-26-37/h9-10,12-13,15-16,23-24,27,30,34,37,39-43,46-47H,3,5-8,11,14,17-22,25-26,28-29,31-33H2,1-2,4H3/b10-9-,13-12-,16-15-,30-23+,36-24+,38-27+/t34-,39-,40-,41+,42-,43+,45-/m1/s1. The third kappa shape index (κ3) is 12.4. The third-order valence-electron chi connectivity index (χ3n) is 11.9. The van der Waals surface area contributed by atoms with E-state index < -0.39 is 12.2 Å².